The Bertz CT molecular complexity index is 1490. The average molecular weight is 952 g/mol. The van der Waals surface area contributed by atoms with Gasteiger partial charge in [-0.15, -0.1) is 0 Å². The topological polar surface area (TPSA) is 72.8 Å². The first-order valence-corrected chi connectivity index (χ1v) is 27.9. The molecule has 0 aliphatic rings. The molecule has 0 spiro atoms. The minimum absolute atomic E-state index is 0.0820. The third kappa shape index (κ3) is 56.3. The molecule has 0 amide bonds. The van der Waals surface area contributed by atoms with E-state index in [0.29, 0.717) is 12.8 Å². The fourth-order valence-electron chi connectivity index (χ4n) is 7.20. The van der Waals surface area contributed by atoms with Gasteiger partial charge in [-0.2, -0.15) is 0 Å². The fraction of sp³-hybridized carbons (Fsp3) is 0.594. The average Bonchev–Trinajstić information content (AvgIpc) is 3.35. The van der Waals surface area contributed by atoms with Crippen LogP contribution in [0.1, 0.15) is 226 Å². The number of ether oxygens (including phenoxy) is 2. The van der Waals surface area contributed by atoms with E-state index in [0.717, 1.165) is 122 Å². The van der Waals surface area contributed by atoms with Crippen LogP contribution in [0.5, 0.6) is 0 Å². The third-order valence-electron chi connectivity index (χ3n) is 11.4. The van der Waals surface area contributed by atoms with Gasteiger partial charge in [0.15, 0.2) is 6.10 Å². The van der Waals surface area contributed by atoms with Crippen molar-refractivity contribution in [3.05, 3.63) is 146 Å². The van der Waals surface area contributed by atoms with Crippen LogP contribution in [-0.2, 0) is 19.1 Å². The molecule has 0 rings (SSSR count). The zero-order valence-electron chi connectivity index (χ0n) is 44.3. The minimum Gasteiger partial charge on any atom is -0.462 e. The monoisotopic (exact) mass is 951 g/mol. The number of carbonyl (C=O) groups is 2. The fourth-order valence-corrected chi connectivity index (χ4v) is 7.20. The van der Waals surface area contributed by atoms with E-state index in [1.807, 2.05) is 0 Å². The van der Waals surface area contributed by atoms with Crippen molar-refractivity contribution in [3.8, 4) is 0 Å². The lowest BCUT2D eigenvalue weighted by Crippen LogP contribution is -2.28. The lowest BCUT2D eigenvalue weighted by molar-refractivity contribution is -0.161. The lowest BCUT2D eigenvalue weighted by Gasteiger charge is -2.15. The highest BCUT2D eigenvalue weighted by atomic mass is 16.6. The molecule has 0 aliphatic heterocycles. The van der Waals surface area contributed by atoms with Crippen LogP contribution in [0.25, 0.3) is 0 Å². The second-order valence-electron chi connectivity index (χ2n) is 17.9. The van der Waals surface area contributed by atoms with Crippen LogP contribution in [0.2, 0.25) is 0 Å². The molecule has 0 heterocycles. The van der Waals surface area contributed by atoms with E-state index in [9.17, 15) is 14.7 Å². The number of allylic oxidation sites excluding steroid dienone is 24. The van der Waals surface area contributed by atoms with Crippen molar-refractivity contribution in [2.75, 3.05) is 13.2 Å². The Morgan fingerprint density at radius 1 is 0.348 bits per heavy atom. The van der Waals surface area contributed by atoms with Gasteiger partial charge in [-0.1, -0.05) is 237 Å². The number of rotatable bonds is 49. The predicted octanol–water partition coefficient (Wildman–Crippen LogP) is 19.0. The summed E-state index contributed by atoms with van der Waals surface area (Å²) in [5.41, 5.74) is 0. The summed E-state index contributed by atoms with van der Waals surface area (Å²) in [6.45, 7) is 3.99. The molecule has 0 aromatic carbocycles. The molecule has 0 radical (unpaired) electrons. The van der Waals surface area contributed by atoms with Gasteiger partial charge in [0.1, 0.15) is 6.61 Å². The van der Waals surface area contributed by atoms with E-state index in [2.05, 4.69) is 160 Å². The lowest BCUT2D eigenvalue weighted by atomic mass is 10.1. The standard InChI is InChI=1S/C64H102O5/c1-3-5-7-9-11-13-15-17-19-20-21-22-23-24-25-26-27-28-29-30-31-32-33-34-35-36-37-38-39-40-41-42-43-44-45-47-49-51-53-55-57-59-64(67)69-62(60-65)61-68-63(66)58-56-54-52-50-48-46-18-16-14-12-10-8-6-4-2/h5,7,11,13,16-19,21-22,24-25,27-28,30-31,33-34,36-37,39-40,42-43,62,65H,3-4,6,8-10,12,14-15,20,23,26,29,32,35,38,41,44-61H2,1-2H3/b7-5-,13-11-,18-16-,19-17-,22-21-,25-24-,28-27-,31-30-,34-33-,37-36-,40-39-,43-42-. The maximum Gasteiger partial charge on any atom is 0.306 e. The normalized spacial score (nSPS) is 13.4. The van der Waals surface area contributed by atoms with E-state index >= 15 is 0 Å². The summed E-state index contributed by atoms with van der Waals surface area (Å²) < 4.78 is 10.6. The maximum absolute atomic E-state index is 12.3. The highest BCUT2D eigenvalue weighted by molar-refractivity contribution is 5.70. The smallest absolute Gasteiger partial charge is 0.306 e. The molecule has 0 bridgehead atoms. The number of unbranched alkanes of at least 4 members (excludes halogenated alkanes) is 17. The molecule has 69 heavy (non-hydrogen) atoms. The van der Waals surface area contributed by atoms with Gasteiger partial charge in [-0.25, -0.2) is 0 Å². The summed E-state index contributed by atoms with van der Waals surface area (Å²) in [4.78, 5) is 24.4. The summed E-state index contributed by atoms with van der Waals surface area (Å²) in [7, 11) is 0. The zero-order chi connectivity index (χ0) is 49.9. The summed E-state index contributed by atoms with van der Waals surface area (Å²) in [6, 6.07) is 0. The zero-order valence-corrected chi connectivity index (χ0v) is 44.3. The van der Waals surface area contributed by atoms with Crippen LogP contribution in [0.3, 0.4) is 0 Å². The number of hydrogen-bond acceptors (Lipinski definition) is 5. The molecule has 1 N–H and O–H groups in total. The highest BCUT2D eigenvalue weighted by Gasteiger charge is 2.16. The number of hydrogen-bond donors (Lipinski definition) is 1. The summed E-state index contributed by atoms with van der Waals surface area (Å²) >= 11 is 0. The van der Waals surface area contributed by atoms with Crippen molar-refractivity contribution < 1.29 is 24.2 Å². The van der Waals surface area contributed by atoms with Crippen LogP contribution < -0.4 is 0 Å². The van der Waals surface area contributed by atoms with Gasteiger partial charge < -0.3 is 14.6 Å². The first-order chi connectivity index (χ1) is 34.1. The quantitative estimate of drug-likeness (QED) is 0.0374. The van der Waals surface area contributed by atoms with Crippen LogP contribution in [0, 0.1) is 0 Å². The Labute approximate surface area is 425 Å². The molecule has 5 heteroatoms. The maximum atomic E-state index is 12.3. The molecule has 5 nitrogen and oxygen atoms in total. The summed E-state index contributed by atoms with van der Waals surface area (Å²) in [6.07, 6.45) is 88.1. The van der Waals surface area contributed by atoms with Crippen LogP contribution in [0.4, 0.5) is 0 Å². The van der Waals surface area contributed by atoms with Gasteiger partial charge in [0.05, 0.1) is 6.61 Å². The molecule has 0 fully saturated rings. The number of aliphatic hydroxyl groups excluding tert-OH is 1. The van der Waals surface area contributed by atoms with E-state index in [1.165, 1.54) is 77.0 Å². The largest absolute Gasteiger partial charge is 0.462 e. The van der Waals surface area contributed by atoms with E-state index < -0.39 is 6.10 Å². The first-order valence-electron chi connectivity index (χ1n) is 27.9. The first kappa shape index (κ1) is 64.8. The Balaban J connectivity index is 3.64. The summed E-state index contributed by atoms with van der Waals surface area (Å²) in [5.74, 6) is -0.622. The van der Waals surface area contributed by atoms with Crippen LogP contribution >= 0.6 is 0 Å². The van der Waals surface area contributed by atoms with Crippen molar-refractivity contribution in [2.24, 2.45) is 0 Å². The molecule has 0 saturated heterocycles. The Morgan fingerprint density at radius 2 is 0.623 bits per heavy atom. The number of esters is 2. The van der Waals surface area contributed by atoms with Crippen LogP contribution in [-0.4, -0.2) is 36.4 Å². The van der Waals surface area contributed by atoms with Crippen molar-refractivity contribution in [2.45, 2.75) is 232 Å². The Hall–Kier alpha value is -4.22. The molecular weight excluding hydrogens is 849 g/mol. The third-order valence-corrected chi connectivity index (χ3v) is 11.4. The van der Waals surface area contributed by atoms with E-state index in [4.69, 9.17) is 9.47 Å². The number of aliphatic hydroxyl groups is 1. The molecule has 0 aromatic rings. The van der Waals surface area contributed by atoms with Crippen molar-refractivity contribution >= 4 is 11.9 Å². The van der Waals surface area contributed by atoms with Crippen LogP contribution in [0.15, 0.2) is 146 Å². The van der Waals surface area contributed by atoms with E-state index in [1.54, 1.807) is 0 Å². The van der Waals surface area contributed by atoms with Gasteiger partial charge in [0.25, 0.3) is 0 Å². The molecule has 0 aromatic heterocycles. The molecule has 388 valence electrons. The van der Waals surface area contributed by atoms with Gasteiger partial charge in [-0.3, -0.25) is 9.59 Å². The SMILES string of the molecule is CC/C=C\C/C=C\C/C=C\C/C=C\C/C=C\C/C=C\C/C=C\C/C=C\C/C=C\C/C=C\C/C=C\CCCCCCCCCC(=O)OC(CO)COC(=O)CCCCCCC/C=C\CCCCCCC. The van der Waals surface area contributed by atoms with Gasteiger partial charge in [-0.05, 0) is 122 Å². The van der Waals surface area contributed by atoms with Gasteiger partial charge >= 0.3 is 11.9 Å². The van der Waals surface area contributed by atoms with Crippen molar-refractivity contribution in [3.63, 3.8) is 0 Å². The minimum atomic E-state index is -0.790. The van der Waals surface area contributed by atoms with Crippen molar-refractivity contribution in [1.82, 2.24) is 0 Å². The van der Waals surface area contributed by atoms with E-state index in [-0.39, 0.29) is 25.2 Å². The highest BCUT2D eigenvalue weighted by Crippen LogP contribution is 2.13. The van der Waals surface area contributed by atoms with Crippen molar-refractivity contribution in [1.29, 1.82) is 0 Å². The summed E-state index contributed by atoms with van der Waals surface area (Å²) in [5, 5.41) is 9.62. The Morgan fingerprint density at radius 3 is 0.957 bits per heavy atom. The predicted molar refractivity (Wildman–Crippen MR) is 301 cm³/mol. The van der Waals surface area contributed by atoms with Gasteiger partial charge in [0.2, 0.25) is 0 Å². The number of carbonyl (C=O) groups excluding carboxylic acids is 2. The van der Waals surface area contributed by atoms with Gasteiger partial charge in [0, 0.05) is 12.8 Å². The second kappa shape index (κ2) is 58.1. The molecule has 1 atom stereocenters. The molecule has 0 saturated carbocycles. The second-order valence-corrected chi connectivity index (χ2v) is 17.9. The molecular formula is C64H102O5. The Kier molecular flexibility index (Phi) is 54.5. The molecule has 0 aliphatic carbocycles. The molecule has 1 unspecified atom stereocenters.